The van der Waals surface area contributed by atoms with Crippen LogP contribution in [0, 0.1) is 5.82 Å². The SMILES string of the molecule is CCCOc1cccc(C(Cl)c2cc(F)ccc2OC)c1. The van der Waals surface area contributed by atoms with Gasteiger partial charge in [-0.25, -0.2) is 4.39 Å². The molecule has 2 aromatic carbocycles. The van der Waals surface area contributed by atoms with Crippen LogP contribution in [0.1, 0.15) is 29.8 Å². The zero-order valence-electron chi connectivity index (χ0n) is 12.1. The summed E-state index contributed by atoms with van der Waals surface area (Å²) in [6.45, 7) is 2.70. The van der Waals surface area contributed by atoms with Gasteiger partial charge in [0.25, 0.3) is 0 Å². The molecule has 0 aliphatic rings. The predicted molar refractivity (Wildman–Crippen MR) is 82.9 cm³/mol. The summed E-state index contributed by atoms with van der Waals surface area (Å²) >= 11 is 6.49. The van der Waals surface area contributed by atoms with E-state index in [0.29, 0.717) is 17.9 Å². The Labute approximate surface area is 129 Å². The normalized spacial score (nSPS) is 12.0. The number of benzene rings is 2. The molecular weight excluding hydrogens is 291 g/mol. The van der Waals surface area contributed by atoms with Crippen molar-refractivity contribution in [1.29, 1.82) is 0 Å². The highest BCUT2D eigenvalue weighted by Crippen LogP contribution is 2.36. The number of hydrogen-bond acceptors (Lipinski definition) is 2. The van der Waals surface area contributed by atoms with Crippen LogP contribution in [0.25, 0.3) is 0 Å². The van der Waals surface area contributed by atoms with Crippen molar-refractivity contribution < 1.29 is 13.9 Å². The van der Waals surface area contributed by atoms with E-state index in [0.717, 1.165) is 17.7 Å². The van der Waals surface area contributed by atoms with Crippen molar-refractivity contribution in [3.8, 4) is 11.5 Å². The molecule has 0 aliphatic carbocycles. The summed E-state index contributed by atoms with van der Waals surface area (Å²) in [6, 6.07) is 11.9. The fourth-order valence-electron chi connectivity index (χ4n) is 2.06. The van der Waals surface area contributed by atoms with Crippen LogP contribution in [0.2, 0.25) is 0 Å². The molecule has 1 unspecified atom stereocenters. The molecule has 0 spiro atoms. The molecule has 0 aromatic heterocycles. The Kier molecular flexibility index (Phi) is 5.45. The van der Waals surface area contributed by atoms with Gasteiger partial charge in [-0.3, -0.25) is 0 Å². The molecule has 0 heterocycles. The van der Waals surface area contributed by atoms with E-state index < -0.39 is 5.38 Å². The van der Waals surface area contributed by atoms with Crippen LogP contribution < -0.4 is 9.47 Å². The zero-order chi connectivity index (χ0) is 15.2. The summed E-state index contributed by atoms with van der Waals surface area (Å²) in [5.74, 6) is 0.987. The summed E-state index contributed by atoms with van der Waals surface area (Å²) in [7, 11) is 1.54. The first-order chi connectivity index (χ1) is 10.2. The Morgan fingerprint density at radius 3 is 2.71 bits per heavy atom. The lowest BCUT2D eigenvalue weighted by Crippen LogP contribution is -2.00. The van der Waals surface area contributed by atoms with Gasteiger partial charge in [-0.05, 0) is 42.3 Å². The van der Waals surface area contributed by atoms with E-state index in [-0.39, 0.29) is 5.82 Å². The molecule has 112 valence electrons. The van der Waals surface area contributed by atoms with Crippen LogP contribution in [0.5, 0.6) is 11.5 Å². The van der Waals surface area contributed by atoms with E-state index in [1.165, 1.54) is 12.1 Å². The lowest BCUT2D eigenvalue weighted by molar-refractivity contribution is 0.317. The standard InChI is InChI=1S/C17H18ClFO2/c1-3-9-21-14-6-4-5-12(10-14)17(18)15-11-13(19)7-8-16(15)20-2/h4-8,10-11,17H,3,9H2,1-2H3. The molecule has 0 saturated carbocycles. The molecule has 0 N–H and O–H groups in total. The Balaban J connectivity index is 2.31. The Morgan fingerprint density at radius 1 is 1.19 bits per heavy atom. The molecule has 2 rings (SSSR count). The molecule has 0 bridgehead atoms. The Bertz CT molecular complexity index is 601. The number of methoxy groups -OCH3 is 1. The number of rotatable bonds is 6. The molecule has 0 saturated heterocycles. The van der Waals surface area contributed by atoms with E-state index >= 15 is 0 Å². The summed E-state index contributed by atoms with van der Waals surface area (Å²) in [4.78, 5) is 0. The molecule has 0 fully saturated rings. The molecular formula is C17H18ClFO2. The van der Waals surface area contributed by atoms with Crippen molar-refractivity contribution in [3.63, 3.8) is 0 Å². The second-order valence-corrected chi connectivity index (χ2v) is 5.11. The highest BCUT2D eigenvalue weighted by Gasteiger charge is 2.17. The molecule has 0 radical (unpaired) electrons. The topological polar surface area (TPSA) is 18.5 Å². The third kappa shape index (κ3) is 3.88. The monoisotopic (exact) mass is 308 g/mol. The van der Waals surface area contributed by atoms with Crippen LogP contribution in [-0.2, 0) is 0 Å². The third-order valence-corrected chi connectivity index (χ3v) is 3.58. The molecule has 1 atom stereocenters. The van der Waals surface area contributed by atoms with Crippen molar-refractivity contribution in [2.75, 3.05) is 13.7 Å². The van der Waals surface area contributed by atoms with Gasteiger partial charge in [0.2, 0.25) is 0 Å². The van der Waals surface area contributed by atoms with Gasteiger partial charge in [-0.15, -0.1) is 11.6 Å². The van der Waals surface area contributed by atoms with E-state index in [9.17, 15) is 4.39 Å². The number of hydrogen-bond donors (Lipinski definition) is 0. The zero-order valence-corrected chi connectivity index (χ0v) is 12.9. The minimum Gasteiger partial charge on any atom is -0.496 e. The van der Waals surface area contributed by atoms with Gasteiger partial charge < -0.3 is 9.47 Å². The summed E-state index contributed by atoms with van der Waals surface area (Å²) in [5.41, 5.74) is 1.45. The third-order valence-electron chi connectivity index (χ3n) is 3.09. The fourth-order valence-corrected chi connectivity index (χ4v) is 2.37. The molecule has 21 heavy (non-hydrogen) atoms. The molecule has 4 heteroatoms. The highest BCUT2D eigenvalue weighted by molar-refractivity contribution is 6.22. The Hall–Kier alpha value is -1.74. The van der Waals surface area contributed by atoms with Crippen molar-refractivity contribution in [2.45, 2.75) is 18.7 Å². The van der Waals surface area contributed by atoms with Crippen LogP contribution in [0.4, 0.5) is 4.39 Å². The van der Waals surface area contributed by atoms with Gasteiger partial charge in [0.1, 0.15) is 17.3 Å². The number of ether oxygens (including phenoxy) is 2. The van der Waals surface area contributed by atoms with Crippen LogP contribution in [0.15, 0.2) is 42.5 Å². The second kappa shape index (κ2) is 7.32. The van der Waals surface area contributed by atoms with Crippen LogP contribution in [-0.4, -0.2) is 13.7 Å². The first-order valence-electron chi connectivity index (χ1n) is 6.86. The maximum absolute atomic E-state index is 13.5. The van der Waals surface area contributed by atoms with Gasteiger partial charge in [0, 0.05) is 5.56 Å². The van der Waals surface area contributed by atoms with Crippen molar-refractivity contribution in [3.05, 3.63) is 59.4 Å². The van der Waals surface area contributed by atoms with Gasteiger partial charge in [-0.2, -0.15) is 0 Å². The Morgan fingerprint density at radius 2 is 2.00 bits per heavy atom. The summed E-state index contributed by atoms with van der Waals surface area (Å²) in [6.07, 6.45) is 0.937. The smallest absolute Gasteiger partial charge is 0.124 e. The minimum absolute atomic E-state index is 0.338. The minimum atomic E-state index is -0.499. The first kappa shape index (κ1) is 15.6. The van der Waals surface area contributed by atoms with Gasteiger partial charge >= 0.3 is 0 Å². The maximum atomic E-state index is 13.5. The summed E-state index contributed by atoms with van der Waals surface area (Å²) in [5, 5.41) is -0.499. The van der Waals surface area contributed by atoms with Crippen molar-refractivity contribution >= 4 is 11.6 Å². The highest BCUT2D eigenvalue weighted by atomic mass is 35.5. The van der Waals surface area contributed by atoms with E-state index in [2.05, 4.69) is 0 Å². The quantitative estimate of drug-likeness (QED) is 0.703. The molecule has 0 aliphatic heterocycles. The van der Waals surface area contributed by atoms with Crippen LogP contribution in [0.3, 0.4) is 0 Å². The summed E-state index contributed by atoms with van der Waals surface area (Å²) < 4.78 is 24.3. The predicted octanol–water partition coefficient (Wildman–Crippen LogP) is 4.95. The largest absolute Gasteiger partial charge is 0.496 e. The van der Waals surface area contributed by atoms with Gasteiger partial charge in [0.05, 0.1) is 19.1 Å². The molecule has 2 nitrogen and oxygen atoms in total. The van der Waals surface area contributed by atoms with E-state index in [4.69, 9.17) is 21.1 Å². The van der Waals surface area contributed by atoms with Crippen LogP contribution >= 0.6 is 11.6 Å². The average molecular weight is 309 g/mol. The molecule has 0 amide bonds. The van der Waals surface area contributed by atoms with Gasteiger partial charge in [-0.1, -0.05) is 19.1 Å². The average Bonchev–Trinajstić information content (AvgIpc) is 2.52. The fraction of sp³-hybridized carbons (Fsp3) is 0.294. The maximum Gasteiger partial charge on any atom is 0.124 e. The van der Waals surface area contributed by atoms with Gasteiger partial charge in [0.15, 0.2) is 0 Å². The lowest BCUT2D eigenvalue weighted by atomic mass is 10.0. The molecule has 2 aromatic rings. The first-order valence-corrected chi connectivity index (χ1v) is 7.29. The van der Waals surface area contributed by atoms with E-state index in [1.807, 2.05) is 31.2 Å². The number of halogens is 2. The van der Waals surface area contributed by atoms with Crippen molar-refractivity contribution in [2.24, 2.45) is 0 Å². The second-order valence-electron chi connectivity index (χ2n) is 4.67. The van der Waals surface area contributed by atoms with E-state index in [1.54, 1.807) is 13.2 Å². The van der Waals surface area contributed by atoms with Crippen molar-refractivity contribution in [1.82, 2.24) is 0 Å². The lowest BCUT2D eigenvalue weighted by Gasteiger charge is -2.15. The number of alkyl halides is 1.